The number of hydrogen-bond donors (Lipinski definition) is 1. The number of aromatic nitrogens is 4. The van der Waals surface area contributed by atoms with E-state index in [0.29, 0.717) is 31.8 Å². The Labute approximate surface area is 145 Å². The molecule has 0 bridgehead atoms. The second-order valence-corrected chi connectivity index (χ2v) is 6.01. The Morgan fingerprint density at radius 1 is 1.40 bits per heavy atom. The number of nitrogens with zero attached hydrogens (tertiary/aromatic N) is 5. The van der Waals surface area contributed by atoms with E-state index < -0.39 is 5.82 Å². The van der Waals surface area contributed by atoms with Crippen LogP contribution in [0.1, 0.15) is 31.6 Å². The lowest BCUT2D eigenvalue weighted by atomic mass is 10.1. The first-order valence-corrected chi connectivity index (χ1v) is 8.21. The highest BCUT2D eigenvalue weighted by Gasteiger charge is 2.26. The molecule has 2 amide bonds. The fourth-order valence-electron chi connectivity index (χ4n) is 2.83. The highest BCUT2D eigenvalue weighted by molar-refractivity contribution is 5.74. The highest BCUT2D eigenvalue weighted by Crippen LogP contribution is 2.20. The lowest BCUT2D eigenvalue weighted by Crippen LogP contribution is -2.47. The Hall–Kier alpha value is -2.71. The summed E-state index contributed by atoms with van der Waals surface area (Å²) < 4.78 is 20.8. The molecule has 3 heterocycles. The molecule has 1 N–H and O–H groups in total. The monoisotopic (exact) mass is 348 g/mol. The number of pyridine rings is 1. The minimum atomic E-state index is -0.472. The van der Waals surface area contributed by atoms with Crippen molar-refractivity contribution in [1.82, 2.24) is 30.0 Å². The average Bonchev–Trinajstić information content (AvgIpc) is 3.03. The summed E-state index contributed by atoms with van der Waals surface area (Å²) in [5.74, 6) is 0.235. The van der Waals surface area contributed by atoms with E-state index in [1.54, 1.807) is 16.6 Å². The van der Waals surface area contributed by atoms with Crippen molar-refractivity contribution >= 4 is 6.03 Å². The van der Waals surface area contributed by atoms with Gasteiger partial charge in [-0.3, -0.25) is 4.68 Å². The summed E-state index contributed by atoms with van der Waals surface area (Å²) in [6, 6.07) is 2.45. The average molecular weight is 348 g/mol. The van der Waals surface area contributed by atoms with Crippen molar-refractivity contribution < 1.29 is 13.9 Å². The van der Waals surface area contributed by atoms with Gasteiger partial charge in [0.2, 0.25) is 0 Å². The number of piperidine rings is 1. The number of halogens is 1. The van der Waals surface area contributed by atoms with Gasteiger partial charge in [0.1, 0.15) is 18.3 Å². The van der Waals surface area contributed by atoms with Crippen molar-refractivity contribution in [3.8, 4) is 5.88 Å². The zero-order chi connectivity index (χ0) is 17.8. The third kappa shape index (κ3) is 4.04. The first kappa shape index (κ1) is 17.1. The van der Waals surface area contributed by atoms with Crippen LogP contribution in [0.25, 0.3) is 0 Å². The van der Waals surface area contributed by atoms with E-state index >= 15 is 0 Å². The maximum Gasteiger partial charge on any atom is 0.317 e. The molecule has 1 atom stereocenters. The molecule has 0 radical (unpaired) electrons. The minimum absolute atomic E-state index is 0.0151. The molecule has 8 nitrogen and oxygen atoms in total. The third-order valence-corrected chi connectivity index (χ3v) is 4.21. The van der Waals surface area contributed by atoms with Crippen LogP contribution in [0.15, 0.2) is 24.7 Å². The van der Waals surface area contributed by atoms with Crippen LogP contribution in [0, 0.1) is 5.82 Å². The molecule has 134 valence electrons. The van der Waals surface area contributed by atoms with Gasteiger partial charge in [-0.05, 0) is 19.1 Å². The number of hydrogen-bond acceptors (Lipinski definition) is 5. The maximum atomic E-state index is 13.6. The van der Waals surface area contributed by atoms with Crippen LogP contribution in [0.2, 0.25) is 0 Å². The van der Waals surface area contributed by atoms with Crippen LogP contribution < -0.4 is 10.1 Å². The lowest BCUT2D eigenvalue weighted by molar-refractivity contribution is 0.102. The van der Waals surface area contributed by atoms with Gasteiger partial charge >= 0.3 is 6.03 Å². The first-order chi connectivity index (χ1) is 12.0. The summed E-state index contributed by atoms with van der Waals surface area (Å²) in [6.07, 6.45) is 4.06. The molecule has 9 heteroatoms. The van der Waals surface area contributed by atoms with Gasteiger partial charge < -0.3 is 15.0 Å². The SMILES string of the molecule is CC(NC(=O)N1CCC(Oc2ncccc2F)CC1)c1ncnn1C. The Balaban J connectivity index is 1.49. The quantitative estimate of drug-likeness (QED) is 0.908. The number of likely N-dealkylation sites (tertiary alicyclic amines) is 1. The fraction of sp³-hybridized carbons (Fsp3) is 0.500. The molecule has 1 aliphatic rings. The molecule has 2 aromatic rings. The molecule has 0 aromatic carbocycles. The Morgan fingerprint density at radius 2 is 2.16 bits per heavy atom. The summed E-state index contributed by atoms with van der Waals surface area (Å²) >= 11 is 0. The molecular formula is C16H21FN6O2. The maximum absolute atomic E-state index is 13.6. The number of rotatable bonds is 4. The second kappa shape index (κ2) is 7.45. The number of ether oxygens (including phenoxy) is 1. The number of carbonyl (C=O) groups excluding carboxylic acids is 1. The normalized spacial score (nSPS) is 16.5. The predicted molar refractivity (Wildman–Crippen MR) is 87.4 cm³/mol. The largest absolute Gasteiger partial charge is 0.472 e. The highest BCUT2D eigenvalue weighted by atomic mass is 19.1. The lowest BCUT2D eigenvalue weighted by Gasteiger charge is -2.32. The van der Waals surface area contributed by atoms with E-state index in [1.807, 2.05) is 6.92 Å². The van der Waals surface area contributed by atoms with Crippen LogP contribution >= 0.6 is 0 Å². The molecule has 0 aliphatic carbocycles. The summed E-state index contributed by atoms with van der Waals surface area (Å²) in [7, 11) is 1.78. The first-order valence-electron chi connectivity index (χ1n) is 8.21. The molecule has 0 spiro atoms. The second-order valence-electron chi connectivity index (χ2n) is 6.01. The van der Waals surface area contributed by atoms with Crippen molar-refractivity contribution in [1.29, 1.82) is 0 Å². The Kier molecular flexibility index (Phi) is 5.11. The Bertz CT molecular complexity index is 729. The molecule has 1 aliphatic heterocycles. The van der Waals surface area contributed by atoms with E-state index in [9.17, 15) is 9.18 Å². The number of carbonyl (C=O) groups is 1. The van der Waals surface area contributed by atoms with Crippen molar-refractivity contribution in [2.75, 3.05) is 13.1 Å². The third-order valence-electron chi connectivity index (χ3n) is 4.21. The van der Waals surface area contributed by atoms with Gasteiger partial charge in [0, 0.05) is 39.2 Å². The van der Waals surface area contributed by atoms with Gasteiger partial charge in [0.15, 0.2) is 5.82 Å². The van der Waals surface area contributed by atoms with E-state index in [-0.39, 0.29) is 24.1 Å². The smallest absolute Gasteiger partial charge is 0.317 e. The molecule has 0 saturated carbocycles. The molecule has 3 rings (SSSR count). The van der Waals surface area contributed by atoms with Gasteiger partial charge in [0.25, 0.3) is 5.88 Å². The predicted octanol–water partition coefficient (Wildman–Crippen LogP) is 1.66. The Morgan fingerprint density at radius 3 is 2.80 bits per heavy atom. The van der Waals surface area contributed by atoms with Crippen molar-refractivity contribution in [2.24, 2.45) is 7.05 Å². The fourth-order valence-corrected chi connectivity index (χ4v) is 2.83. The van der Waals surface area contributed by atoms with Crippen molar-refractivity contribution in [2.45, 2.75) is 31.9 Å². The summed E-state index contributed by atoms with van der Waals surface area (Å²) in [5, 5.41) is 6.92. The minimum Gasteiger partial charge on any atom is -0.472 e. The van der Waals surface area contributed by atoms with E-state index in [2.05, 4.69) is 20.4 Å². The standard InChI is InChI=1S/C16H21FN6O2/c1-11(14-19-10-20-22(14)2)21-16(24)23-8-5-12(6-9-23)25-15-13(17)4-3-7-18-15/h3-4,7,10-12H,5-6,8-9H2,1-2H3,(H,21,24). The van der Waals surface area contributed by atoms with Crippen molar-refractivity contribution in [3.05, 3.63) is 36.3 Å². The number of urea groups is 1. The zero-order valence-electron chi connectivity index (χ0n) is 14.2. The summed E-state index contributed by atoms with van der Waals surface area (Å²) in [4.78, 5) is 22.1. The van der Waals surface area contributed by atoms with Crippen LogP contribution in [0.4, 0.5) is 9.18 Å². The van der Waals surface area contributed by atoms with E-state index in [1.165, 1.54) is 24.7 Å². The van der Waals surface area contributed by atoms with Crippen LogP contribution in [0.3, 0.4) is 0 Å². The topological polar surface area (TPSA) is 85.2 Å². The zero-order valence-corrected chi connectivity index (χ0v) is 14.2. The summed E-state index contributed by atoms with van der Waals surface area (Å²) in [5.41, 5.74) is 0. The molecule has 1 fully saturated rings. The number of aryl methyl sites for hydroxylation is 1. The molecule has 1 unspecified atom stereocenters. The van der Waals surface area contributed by atoms with Crippen molar-refractivity contribution in [3.63, 3.8) is 0 Å². The summed E-state index contributed by atoms with van der Waals surface area (Å²) in [6.45, 7) is 2.94. The number of nitrogens with one attached hydrogen (secondary N) is 1. The van der Waals surface area contributed by atoms with Gasteiger partial charge in [0.05, 0.1) is 6.04 Å². The van der Waals surface area contributed by atoms with Crippen LogP contribution in [-0.2, 0) is 7.05 Å². The molecule has 2 aromatic heterocycles. The van der Waals surface area contributed by atoms with Gasteiger partial charge in [-0.1, -0.05) is 0 Å². The number of amides is 2. The van der Waals surface area contributed by atoms with Gasteiger partial charge in [-0.2, -0.15) is 5.10 Å². The van der Waals surface area contributed by atoms with E-state index in [4.69, 9.17) is 4.74 Å². The molecule has 25 heavy (non-hydrogen) atoms. The molecular weight excluding hydrogens is 327 g/mol. The van der Waals surface area contributed by atoms with Gasteiger partial charge in [-0.25, -0.2) is 19.2 Å². The van der Waals surface area contributed by atoms with E-state index in [0.717, 1.165) is 0 Å². The van der Waals surface area contributed by atoms with Crippen LogP contribution in [-0.4, -0.2) is 49.9 Å². The molecule has 1 saturated heterocycles. The van der Waals surface area contributed by atoms with Gasteiger partial charge in [-0.15, -0.1) is 0 Å². The van der Waals surface area contributed by atoms with Crippen LogP contribution in [0.5, 0.6) is 5.88 Å².